The van der Waals surface area contributed by atoms with Crippen LogP contribution >= 0.6 is 11.3 Å². The van der Waals surface area contributed by atoms with Crippen molar-refractivity contribution >= 4 is 21.6 Å². The van der Waals surface area contributed by atoms with E-state index in [9.17, 15) is 4.79 Å². The molecule has 4 rings (SSSR count). The smallest absolute Gasteiger partial charge is 0.263 e. The molecule has 0 N–H and O–H groups in total. The number of ether oxygens (including phenoxy) is 1. The van der Waals surface area contributed by atoms with Crippen LogP contribution < -0.4 is 5.56 Å². The Kier molecular flexibility index (Phi) is 3.54. The first-order chi connectivity index (χ1) is 11.2. The molecule has 1 atom stereocenters. The lowest BCUT2D eigenvalue weighted by Crippen LogP contribution is -2.30. The second kappa shape index (κ2) is 5.58. The molecule has 0 spiro atoms. The largest absolute Gasteiger partial charge is 0.382 e. The van der Waals surface area contributed by atoms with Gasteiger partial charge in [-0.1, -0.05) is 0 Å². The molecular formula is C16H18N4O2S. The molecule has 23 heavy (non-hydrogen) atoms. The Balaban J connectivity index is 1.92. The minimum absolute atomic E-state index is 0.0256. The fourth-order valence-corrected chi connectivity index (χ4v) is 4.62. The van der Waals surface area contributed by atoms with E-state index in [1.165, 1.54) is 10.4 Å². The Labute approximate surface area is 137 Å². The highest BCUT2D eigenvalue weighted by Crippen LogP contribution is 2.34. The summed E-state index contributed by atoms with van der Waals surface area (Å²) in [5, 5.41) is 5.01. The maximum Gasteiger partial charge on any atom is 0.263 e. The van der Waals surface area contributed by atoms with E-state index >= 15 is 0 Å². The van der Waals surface area contributed by atoms with Gasteiger partial charge in [0.15, 0.2) is 0 Å². The lowest BCUT2D eigenvalue weighted by Gasteiger charge is -2.19. The van der Waals surface area contributed by atoms with Crippen molar-refractivity contribution in [2.45, 2.75) is 25.3 Å². The Morgan fingerprint density at radius 2 is 2.30 bits per heavy atom. The molecule has 3 heterocycles. The zero-order chi connectivity index (χ0) is 16.0. The second-order valence-electron chi connectivity index (χ2n) is 5.85. The van der Waals surface area contributed by atoms with E-state index in [1.54, 1.807) is 40.2 Å². The zero-order valence-corrected chi connectivity index (χ0v) is 14.0. The van der Waals surface area contributed by atoms with E-state index in [4.69, 9.17) is 4.74 Å². The lowest BCUT2D eigenvalue weighted by atomic mass is 10.1. The SMILES string of the molecule is COC[C@@H](c1ccnn1C)n1cnc2sc3c(c2c1=O)CCC3. The van der Waals surface area contributed by atoms with Gasteiger partial charge in [-0.2, -0.15) is 5.10 Å². The third kappa shape index (κ3) is 2.22. The summed E-state index contributed by atoms with van der Waals surface area (Å²) in [6.07, 6.45) is 6.56. The van der Waals surface area contributed by atoms with E-state index in [-0.39, 0.29) is 11.6 Å². The Morgan fingerprint density at radius 1 is 1.43 bits per heavy atom. The first kappa shape index (κ1) is 14.6. The first-order valence-electron chi connectivity index (χ1n) is 7.69. The van der Waals surface area contributed by atoms with Crippen molar-refractivity contribution in [3.05, 3.63) is 45.1 Å². The Morgan fingerprint density at radius 3 is 3.04 bits per heavy atom. The fraction of sp³-hybridized carbons (Fsp3) is 0.438. The molecule has 1 aliphatic rings. The minimum atomic E-state index is -0.228. The van der Waals surface area contributed by atoms with Gasteiger partial charge in [0.1, 0.15) is 10.9 Å². The Hall–Kier alpha value is -1.99. The molecule has 0 fully saturated rings. The molecule has 0 saturated carbocycles. The molecule has 0 amide bonds. The number of nitrogens with zero attached hydrogens (tertiary/aromatic N) is 4. The first-order valence-corrected chi connectivity index (χ1v) is 8.50. The standard InChI is InChI=1S/C16H18N4O2S/c1-19-11(6-7-18-19)12(8-22-2)20-9-17-15-14(16(20)21)10-4-3-5-13(10)23-15/h6-7,9,12H,3-5,8H2,1-2H3/t12-/m0/s1. The van der Waals surface area contributed by atoms with Gasteiger partial charge < -0.3 is 4.74 Å². The summed E-state index contributed by atoms with van der Waals surface area (Å²) in [6.45, 7) is 0.402. The quantitative estimate of drug-likeness (QED) is 0.733. The summed E-state index contributed by atoms with van der Waals surface area (Å²) >= 11 is 1.66. The number of hydrogen-bond acceptors (Lipinski definition) is 5. The van der Waals surface area contributed by atoms with Crippen LogP contribution in [0.15, 0.2) is 23.4 Å². The van der Waals surface area contributed by atoms with Gasteiger partial charge in [0.05, 0.1) is 24.0 Å². The lowest BCUT2D eigenvalue weighted by molar-refractivity contribution is 0.164. The van der Waals surface area contributed by atoms with Crippen LogP contribution in [0.1, 0.15) is 28.6 Å². The van der Waals surface area contributed by atoms with E-state index in [0.29, 0.717) is 6.61 Å². The van der Waals surface area contributed by atoms with Gasteiger partial charge in [0, 0.05) is 25.2 Å². The maximum atomic E-state index is 13.1. The second-order valence-corrected chi connectivity index (χ2v) is 6.93. The van der Waals surface area contributed by atoms with Crippen LogP contribution in [0.3, 0.4) is 0 Å². The molecule has 3 aromatic heterocycles. The van der Waals surface area contributed by atoms with Crippen LogP contribution in [0.4, 0.5) is 0 Å². The number of methoxy groups -OCH3 is 1. The van der Waals surface area contributed by atoms with Crippen molar-refractivity contribution in [1.29, 1.82) is 0 Å². The molecule has 0 aliphatic heterocycles. The van der Waals surface area contributed by atoms with Gasteiger partial charge in [0.2, 0.25) is 0 Å². The summed E-state index contributed by atoms with van der Waals surface area (Å²) in [6, 6.07) is 1.69. The molecule has 6 nitrogen and oxygen atoms in total. The molecule has 3 aromatic rings. The van der Waals surface area contributed by atoms with E-state index < -0.39 is 0 Å². The van der Waals surface area contributed by atoms with Crippen LogP contribution in [0, 0.1) is 0 Å². The van der Waals surface area contributed by atoms with Crippen molar-refractivity contribution in [2.24, 2.45) is 7.05 Å². The fourth-order valence-electron chi connectivity index (χ4n) is 3.40. The highest BCUT2D eigenvalue weighted by atomic mass is 32.1. The molecule has 7 heteroatoms. The minimum Gasteiger partial charge on any atom is -0.382 e. The number of aryl methyl sites for hydroxylation is 3. The van der Waals surface area contributed by atoms with Gasteiger partial charge >= 0.3 is 0 Å². The van der Waals surface area contributed by atoms with Gasteiger partial charge in [-0.05, 0) is 30.9 Å². The summed E-state index contributed by atoms with van der Waals surface area (Å²) in [7, 11) is 3.51. The van der Waals surface area contributed by atoms with Crippen molar-refractivity contribution < 1.29 is 4.74 Å². The summed E-state index contributed by atoms with van der Waals surface area (Å²) < 4.78 is 8.82. The average molecular weight is 330 g/mol. The number of fused-ring (bicyclic) bond motifs is 3. The predicted molar refractivity (Wildman–Crippen MR) is 89.1 cm³/mol. The molecule has 0 bridgehead atoms. The van der Waals surface area contributed by atoms with E-state index in [1.807, 2.05) is 13.1 Å². The molecular weight excluding hydrogens is 312 g/mol. The van der Waals surface area contributed by atoms with E-state index in [2.05, 4.69) is 10.1 Å². The summed E-state index contributed by atoms with van der Waals surface area (Å²) in [5.74, 6) is 0. The van der Waals surface area contributed by atoms with Crippen LogP contribution in [0.25, 0.3) is 10.2 Å². The van der Waals surface area contributed by atoms with Gasteiger partial charge in [-0.15, -0.1) is 11.3 Å². The highest BCUT2D eigenvalue weighted by molar-refractivity contribution is 7.18. The summed E-state index contributed by atoms with van der Waals surface area (Å²) in [4.78, 5) is 19.8. The van der Waals surface area contributed by atoms with Crippen molar-refractivity contribution in [1.82, 2.24) is 19.3 Å². The third-order valence-corrected chi connectivity index (χ3v) is 5.71. The van der Waals surface area contributed by atoms with Crippen LogP contribution in [0.5, 0.6) is 0 Å². The predicted octanol–water partition coefficient (Wildman–Crippen LogP) is 1.92. The molecule has 0 radical (unpaired) electrons. The average Bonchev–Trinajstić information content (AvgIpc) is 3.21. The van der Waals surface area contributed by atoms with Crippen LogP contribution in [-0.2, 0) is 24.6 Å². The van der Waals surface area contributed by atoms with Crippen LogP contribution in [-0.4, -0.2) is 33.0 Å². The molecule has 0 aromatic carbocycles. The molecule has 1 aliphatic carbocycles. The normalized spacial score (nSPS) is 15.2. The highest BCUT2D eigenvalue weighted by Gasteiger charge is 2.24. The van der Waals surface area contributed by atoms with Gasteiger partial charge in [0.25, 0.3) is 5.56 Å². The van der Waals surface area contributed by atoms with Gasteiger partial charge in [-0.3, -0.25) is 14.0 Å². The Bertz CT molecular complexity index is 924. The molecule has 120 valence electrons. The number of thiophene rings is 1. The molecule has 0 saturated heterocycles. The monoisotopic (exact) mass is 330 g/mol. The molecule has 0 unspecified atom stereocenters. The topological polar surface area (TPSA) is 61.9 Å². The van der Waals surface area contributed by atoms with Crippen LogP contribution in [0.2, 0.25) is 0 Å². The zero-order valence-electron chi connectivity index (χ0n) is 13.2. The van der Waals surface area contributed by atoms with Gasteiger partial charge in [-0.25, -0.2) is 4.98 Å². The number of aromatic nitrogens is 4. The number of rotatable bonds is 4. The summed E-state index contributed by atoms with van der Waals surface area (Å²) in [5.41, 5.74) is 2.16. The van der Waals surface area contributed by atoms with Crippen molar-refractivity contribution in [2.75, 3.05) is 13.7 Å². The van der Waals surface area contributed by atoms with E-state index in [0.717, 1.165) is 35.2 Å². The maximum absolute atomic E-state index is 13.1. The third-order valence-electron chi connectivity index (χ3n) is 4.51. The van der Waals surface area contributed by atoms with Crippen molar-refractivity contribution in [3.63, 3.8) is 0 Å². The number of hydrogen-bond donors (Lipinski definition) is 0. The van der Waals surface area contributed by atoms with Crippen molar-refractivity contribution in [3.8, 4) is 0 Å².